The van der Waals surface area contributed by atoms with Crippen LogP contribution < -0.4 is 10.7 Å². The molecule has 2 heterocycles. The normalized spacial score (nSPS) is 15.6. The zero-order chi connectivity index (χ0) is 21.9. The van der Waals surface area contributed by atoms with E-state index in [1.807, 2.05) is 0 Å². The molecule has 1 aromatic heterocycles. The number of nitrogens with zero attached hydrogens (tertiary/aromatic N) is 2. The highest BCUT2D eigenvalue weighted by atomic mass is 32.2. The molecule has 0 atom stereocenters. The van der Waals surface area contributed by atoms with Crippen molar-refractivity contribution in [3.05, 3.63) is 40.2 Å². The molecule has 2 aromatic rings. The van der Waals surface area contributed by atoms with Crippen molar-refractivity contribution in [2.45, 2.75) is 11.2 Å². The number of rotatable bonds is 7. The van der Waals surface area contributed by atoms with E-state index < -0.39 is 27.6 Å². The first kappa shape index (κ1) is 22.4. The summed E-state index contributed by atoms with van der Waals surface area (Å²) >= 11 is 0. The second kappa shape index (κ2) is 9.23. The average Bonchev–Trinajstić information content (AvgIpc) is 2.77. The largest absolute Gasteiger partial charge is 0.379 e. The van der Waals surface area contributed by atoms with Crippen LogP contribution in [0.1, 0.15) is 10.4 Å². The van der Waals surface area contributed by atoms with Gasteiger partial charge < -0.3 is 24.1 Å². The maximum absolute atomic E-state index is 13.0. The summed E-state index contributed by atoms with van der Waals surface area (Å²) in [5.74, 6) is -0.599. The van der Waals surface area contributed by atoms with Crippen LogP contribution in [0.15, 0.2) is 34.1 Å². The number of hydrogen-bond donors (Lipinski definition) is 1. The summed E-state index contributed by atoms with van der Waals surface area (Å²) in [5, 5.41) is 2.74. The molecule has 11 heteroatoms. The third-order valence-corrected chi connectivity index (χ3v) is 6.86. The van der Waals surface area contributed by atoms with Crippen LogP contribution in [0.5, 0.6) is 0 Å². The molecular weight excluding hydrogens is 414 g/mol. The number of hydrogen-bond acceptors (Lipinski definition) is 7. The van der Waals surface area contributed by atoms with Crippen molar-refractivity contribution >= 4 is 26.8 Å². The Kier molecular flexibility index (Phi) is 6.88. The van der Waals surface area contributed by atoms with Crippen LogP contribution >= 0.6 is 0 Å². The van der Waals surface area contributed by atoms with Gasteiger partial charge in [-0.3, -0.25) is 9.59 Å². The maximum atomic E-state index is 13.0. The zero-order valence-corrected chi connectivity index (χ0v) is 17.9. The predicted molar refractivity (Wildman–Crippen MR) is 109 cm³/mol. The molecule has 164 valence electrons. The average molecular weight is 439 g/mol. The molecule has 1 aliphatic heterocycles. The molecule has 0 unspecified atom stereocenters. The Balaban J connectivity index is 1.99. The van der Waals surface area contributed by atoms with E-state index in [1.54, 1.807) is 17.7 Å². The number of carbonyl (C=O) groups excluding carboxylic acids is 1. The van der Waals surface area contributed by atoms with E-state index in [0.29, 0.717) is 18.7 Å². The summed E-state index contributed by atoms with van der Waals surface area (Å²) < 4.78 is 44.1. The van der Waals surface area contributed by atoms with Gasteiger partial charge in [-0.15, -0.1) is 0 Å². The highest BCUT2D eigenvalue weighted by Crippen LogP contribution is 2.21. The lowest BCUT2D eigenvalue weighted by atomic mass is 10.1. The van der Waals surface area contributed by atoms with E-state index in [1.165, 1.54) is 36.9 Å². The minimum Gasteiger partial charge on any atom is -0.379 e. The molecule has 1 saturated heterocycles. The second-order valence-corrected chi connectivity index (χ2v) is 8.73. The van der Waals surface area contributed by atoms with E-state index in [2.05, 4.69) is 5.32 Å². The number of fused-ring (bicyclic) bond motifs is 1. The number of nitrogens with one attached hydrogen (secondary N) is 1. The molecule has 0 aliphatic carbocycles. The fraction of sp³-hybridized carbons (Fsp3) is 0.474. The van der Waals surface area contributed by atoms with Gasteiger partial charge in [-0.2, -0.15) is 4.31 Å². The Hall–Kier alpha value is -2.31. The minimum absolute atomic E-state index is 0.00499. The first-order valence-electron chi connectivity index (χ1n) is 9.34. The third kappa shape index (κ3) is 4.40. The van der Waals surface area contributed by atoms with Crippen LogP contribution in [0.2, 0.25) is 0 Å². The number of morpholine rings is 1. The van der Waals surface area contributed by atoms with Crippen LogP contribution in [-0.4, -0.2) is 76.6 Å². The number of aryl methyl sites for hydroxylation is 1. The van der Waals surface area contributed by atoms with E-state index in [-0.39, 0.29) is 35.5 Å². The smallest absolute Gasteiger partial charge is 0.256 e. The van der Waals surface area contributed by atoms with Crippen molar-refractivity contribution in [1.29, 1.82) is 0 Å². The molecule has 1 amide bonds. The van der Waals surface area contributed by atoms with Gasteiger partial charge in [-0.1, -0.05) is 0 Å². The van der Waals surface area contributed by atoms with Crippen molar-refractivity contribution in [2.75, 3.05) is 47.1 Å². The number of aromatic nitrogens is 1. The van der Waals surface area contributed by atoms with E-state index in [9.17, 15) is 18.0 Å². The summed E-state index contributed by atoms with van der Waals surface area (Å²) in [5.41, 5.74) is -0.132. The van der Waals surface area contributed by atoms with Crippen LogP contribution in [0.25, 0.3) is 10.9 Å². The fourth-order valence-electron chi connectivity index (χ4n) is 3.26. The Morgan fingerprint density at radius 1 is 1.23 bits per heavy atom. The summed E-state index contributed by atoms with van der Waals surface area (Å²) in [4.78, 5) is 25.6. The van der Waals surface area contributed by atoms with Gasteiger partial charge in [0.25, 0.3) is 5.91 Å². The molecule has 0 bridgehead atoms. The van der Waals surface area contributed by atoms with Gasteiger partial charge in [-0.25, -0.2) is 8.42 Å². The van der Waals surface area contributed by atoms with Gasteiger partial charge in [0.05, 0.1) is 30.2 Å². The number of sulfonamides is 1. The summed E-state index contributed by atoms with van der Waals surface area (Å²) in [6, 6.07) is 4.36. The molecule has 0 radical (unpaired) electrons. The Labute approximate surface area is 174 Å². The SMILES string of the molecule is COC(CNC(=O)c1cn(C)c2ccc(S(=O)(=O)N3CCOCC3)cc2c1=O)OC. The number of carbonyl (C=O) groups is 1. The Bertz CT molecular complexity index is 1090. The first-order valence-corrected chi connectivity index (χ1v) is 10.8. The van der Waals surface area contributed by atoms with Gasteiger partial charge in [0.1, 0.15) is 5.56 Å². The highest BCUT2D eigenvalue weighted by molar-refractivity contribution is 7.89. The van der Waals surface area contributed by atoms with Crippen molar-refractivity contribution in [3.8, 4) is 0 Å². The topological polar surface area (TPSA) is 116 Å². The lowest BCUT2D eigenvalue weighted by molar-refractivity contribution is -0.0974. The van der Waals surface area contributed by atoms with Gasteiger partial charge in [0, 0.05) is 45.9 Å². The minimum atomic E-state index is -3.77. The molecule has 10 nitrogen and oxygen atoms in total. The van der Waals surface area contributed by atoms with E-state index >= 15 is 0 Å². The lowest BCUT2D eigenvalue weighted by Gasteiger charge is -2.26. The van der Waals surface area contributed by atoms with Crippen LogP contribution in [0.3, 0.4) is 0 Å². The Morgan fingerprint density at radius 2 is 1.90 bits per heavy atom. The zero-order valence-electron chi connectivity index (χ0n) is 17.1. The molecule has 0 spiro atoms. The van der Waals surface area contributed by atoms with Gasteiger partial charge in [-0.05, 0) is 18.2 Å². The van der Waals surface area contributed by atoms with Crippen molar-refractivity contribution in [3.63, 3.8) is 0 Å². The number of ether oxygens (including phenoxy) is 3. The van der Waals surface area contributed by atoms with Gasteiger partial charge in [0.15, 0.2) is 6.29 Å². The van der Waals surface area contributed by atoms with E-state index in [0.717, 1.165) is 0 Å². The highest BCUT2D eigenvalue weighted by Gasteiger charge is 2.27. The van der Waals surface area contributed by atoms with Crippen molar-refractivity contribution in [2.24, 2.45) is 7.05 Å². The van der Waals surface area contributed by atoms with Gasteiger partial charge >= 0.3 is 0 Å². The second-order valence-electron chi connectivity index (χ2n) is 6.79. The summed E-state index contributed by atoms with van der Waals surface area (Å²) in [7, 11) is 0.782. The van der Waals surface area contributed by atoms with Crippen molar-refractivity contribution < 1.29 is 27.4 Å². The number of methoxy groups -OCH3 is 2. The molecule has 3 rings (SSSR count). The summed E-state index contributed by atoms with van der Waals surface area (Å²) in [6.45, 7) is 1.20. The maximum Gasteiger partial charge on any atom is 0.256 e. The van der Waals surface area contributed by atoms with Crippen LogP contribution in [0, 0.1) is 0 Å². The number of benzene rings is 1. The van der Waals surface area contributed by atoms with Crippen LogP contribution in [0.4, 0.5) is 0 Å². The number of amides is 1. The van der Waals surface area contributed by atoms with E-state index in [4.69, 9.17) is 14.2 Å². The number of pyridine rings is 1. The quantitative estimate of drug-likeness (QED) is 0.599. The standard InChI is InChI=1S/C19H25N3O7S/c1-21-12-15(19(24)20-11-17(27-2)28-3)18(23)14-10-13(4-5-16(14)21)30(25,26)22-6-8-29-9-7-22/h4-5,10,12,17H,6-9,11H2,1-3H3,(H,20,24). The fourth-order valence-corrected chi connectivity index (χ4v) is 4.70. The lowest BCUT2D eigenvalue weighted by Crippen LogP contribution is -2.40. The Morgan fingerprint density at radius 3 is 2.53 bits per heavy atom. The summed E-state index contributed by atoms with van der Waals surface area (Å²) in [6.07, 6.45) is 0.772. The molecule has 0 saturated carbocycles. The molecule has 1 fully saturated rings. The van der Waals surface area contributed by atoms with Gasteiger partial charge in [0.2, 0.25) is 15.5 Å². The first-order chi connectivity index (χ1) is 14.3. The molecule has 30 heavy (non-hydrogen) atoms. The van der Waals surface area contributed by atoms with Crippen molar-refractivity contribution in [1.82, 2.24) is 14.2 Å². The monoisotopic (exact) mass is 439 g/mol. The third-order valence-electron chi connectivity index (χ3n) is 4.97. The predicted octanol–water partition coefficient (Wildman–Crippen LogP) is -0.0919. The molecule has 1 aliphatic rings. The molecule has 1 aromatic carbocycles. The molecular formula is C19H25N3O7S. The molecule has 1 N–H and O–H groups in total. The van der Waals surface area contributed by atoms with Crippen LogP contribution in [-0.2, 0) is 31.3 Å².